The minimum Gasteiger partial charge on any atom is -0.312 e. The van der Waals surface area contributed by atoms with E-state index in [2.05, 4.69) is 6.07 Å². The van der Waals surface area contributed by atoms with Crippen molar-refractivity contribution in [2.24, 2.45) is 0 Å². The van der Waals surface area contributed by atoms with E-state index in [4.69, 9.17) is 0 Å². The predicted molar refractivity (Wildman–Crippen MR) is 103 cm³/mol. The SMILES string of the molecule is Cc1ccc2c(c1)C(=O)N(CCCC(=O)N1CCCc3ccccc31)C2=O. The van der Waals surface area contributed by atoms with Crippen molar-refractivity contribution in [2.75, 3.05) is 18.0 Å². The van der Waals surface area contributed by atoms with Gasteiger partial charge in [0.1, 0.15) is 0 Å². The minimum absolute atomic E-state index is 0.0506. The molecule has 0 saturated heterocycles. The maximum absolute atomic E-state index is 12.7. The van der Waals surface area contributed by atoms with Crippen molar-refractivity contribution in [3.8, 4) is 0 Å². The zero-order valence-corrected chi connectivity index (χ0v) is 15.4. The second-order valence-corrected chi connectivity index (χ2v) is 7.19. The number of benzene rings is 2. The molecular formula is C22H22N2O3. The first-order valence-corrected chi connectivity index (χ1v) is 9.41. The molecule has 0 saturated carbocycles. The third kappa shape index (κ3) is 3.14. The molecule has 2 aromatic rings. The van der Waals surface area contributed by atoms with E-state index in [1.807, 2.05) is 36.1 Å². The first-order valence-electron chi connectivity index (χ1n) is 9.41. The van der Waals surface area contributed by atoms with Gasteiger partial charge in [0.25, 0.3) is 11.8 Å². The Labute approximate surface area is 158 Å². The van der Waals surface area contributed by atoms with Gasteiger partial charge in [0, 0.05) is 25.2 Å². The summed E-state index contributed by atoms with van der Waals surface area (Å²) in [5.41, 5.74) is 4.08. The van der Waals surface area contributed by atoms with E-state index >= 15 is 0 Å². The van der Waals surface area contributed by atoms with Gasteiger partial charge in [-0.25, -0.2) is 0 Å². The number of fused-ring (bicyclic) bond motifs is 2. The molecule has 2 aliphatic heterocycles. The summed E-state index contributed by atoms with van der Waals surface area (Å²) in [7, 11) is 0. The Morgan fingerprint density at radius 2 is 1.81 bits per heavy atom. The van der Waals surface area contributed by atoms with Gasteiger partial charge in [0.15, 0.2) is 0 Å². The highest BCUT2D eigenvalue weighted by Crippen LogP contribution is 2.28. The van der Waals surface area contributed by atoms with E-state index in [9.17, 15) is 14.4 Å². The minimum atomic E-state index is -0.259. The van der Waals surface area contributed by atoms with Crippen molar-refractivity contribution >= 4 is 23.4 Å². The maximum atomic E-state index is 12.7. The molecule has 0 N–H and O–H groups in total. The number of rotatable bonds is 4. The fourth-order valence-corrected chi connectivity index (χ4v) is 3.92. The summed E-state index contributed by atoms with van der Waals surface area (Å²) in [5.74, 6) is -0.463. The largest absolute Gasteiger partial charge is 0.312 e. The van der Waals surface area contributed by atoms with Gasteiger partial charge in [-0.15, -0.1) is 0 Å². The van der Waals surface area contributed by atoms with Crippen molar-refractivity contribution in [3.05, 3.63) is 64.7 Å². The van der Waals surface area contributed by atoms with Crippen LogP contribution >= 0.6 is 0 Å². The van der Waals surface area contributed by atoms with Gasteiger partial charge in [-0.05, 0) is 49.9 Å². The summed E-state index contributed by atoms with van der Waals surface area (Å²) in [6.45, 7) is 2.89. The summed E-state index contributed by atoms with van der Waals surface area (Å²) in [6.07, 6.45) is 2.75. The van der Waals surface area contributed by atoms with Crippen LogP contribution in [0.5, 0.6) is 0 Å². The topological polar surface area (TPSA) is 57.7 Å². The highest BCUT2D eigenvalue weighted by Gasteiger charge is 2.35. The average Bonchev–Trinajstić information content (AvgIpc) is 2.91. The molecule has 0 aromatic heterocycles. The average molecular weight is 362 g/mol. The van der Waals surface area contributed by atoms with Crippen molar-refractivity contribution in [2.45, 2.75) is 32.6 Å². The van der Waals surface area contributed by atoms with Crippen LogP contribution in [0.1, 0.15) is 51.1 Å². The molecule has 5 nitrogen and oxygen atoms in total. The van der Waals surface area contributed by atoms with Gasteiger partial charge in [0.2, 0.25) is 5.91 Å². The number of carbonyl (C=O) groups is 3. The fraction of sp³-hybridized carbons (Fsp3) is 0.318. The molecule has 5 heteroatoms. The second-order valence-electron chi connectivity index (χ2n) is 7.19. The van der Waals surface area contributed by atoms with Crippen LogP contribution in [-0.2, 0) is 11.2 Å². The van der Waals surface area contributed by atoms with Gasteiger partial charge < -0.3 is 4.90 Å². The van der Waals surface area contributed by atoms with Crippen LogP contribution in [0, 0.1) is 6.92 Å². The lowest BCUT2D eigenvalue weighted by atomic mass is 10.0. The molecule has 2 aliphatic rings. The molecule has 0 bridgehead atoms. The molecule has 27 heavy (non-hydrogen) atoms. The standard InChI is InChI=1S/C22H22N2O3/c1-15-10-11-17-18(14-15)22(27)24(21(17)26)13-5-9-20(25)23-12-4-7-16-6-2-3-8-19(16)23/h2-3,6,8,10-11,14H,4-5,7,9,12-13H2,1H3. The quantitative estimate of drug-likeness (QED) is 0.784. The summed E-state index contributed by atoms with van der Waals surface area (Å²) in [4.78, 5) is 40.8. The Bertz CT molecular complexity index is 935. The molecule has 0 unspecified atom stereocenters. The monoisotopic (exact) mass is 362 g/mol. The number of carbonyl (C=O) groups excluding carboxylic acids is 3. The first-order chi connectivity index (χ1) is 13.1. The Balaban J connectivity index is 1.39. The molecule has 138 valence electrons. The van der Waals surface area contributed by atoms with Gasteiger partial charge in [-0.3, -0.25) is 19.3 Å². The van der Waals surface area contributed by atoms with Gasteiger partial charge in [-0.2, -0.15) is 0 Å². The van der Waals surface area contributed by atoms with Gasteiger partial charge in [0.05, 0.1) is 11.1 Å². The number of amides is 3. The van der Waals surface area contributed by atoms with Crippen LogP contribution in [0.15, 0.2) is 42.5 Å². The van der Waals surface area contributed by atoms with Crippen molar-refractivity contribution < 1.29 is 14.4 Å². The molecule has 2 aromatic carbocycles. The predicted octanol–water partition coefficient (Wildman–Crippen LogP) is 3.35. The molecule has 0 spiro atoms. The lowest BCUT2D eigenvalue weighted by molar-refractivity contribution is -0.118. The van der Waals surface area contributed by atoms with Crippen molar-refractivity contribution in [3.63, 3.8) is 0 Å². The molecular weight excluding hydrogens is 340 g/mol. The molecule has 0 aliphatic carbocycles. The van der Waals surface area contributed by atoms with Crippen LogP contribution in [0.25, 0.3) is 0 Å². The van der Waals surface area contributed by atoms with E-state index in [1.54, 1.807) is 12.1 Å². The van der Waals surface area contributed by atoms with E-state index in [-0.39, 0.29) is 24.3 Å². The highest BCUT2D eigenvalue weighted by atomic mass is 16.2. The van der Waals surface area contributed by atoms with E-state index < -0.39 is 0 Å². The number of hydrogen-bond acceptors (Lipinski definition) is 3. The normalized spacial score (nSPS) is 15.7. The summed E-state index contributed by atoms with van der Waals surface area (Å²) in [5, 5.41) is 0. The fourth-order valence-electron chi connectivity index (χ4n) is 3.92. The summed E-state index contributed by atoms with van der Waals surface area (Å²) < 4.78 is 0. The van der Waals surface area contributed by atoms with Crippen molar-refractivity contribution in [1.82, 2.24) is 4.90 Å². The number of para-hydroxylation sites is 1. The van der Waals surface area contributed by atoms with Crippen LogP contribution in [0.4, 0.5) is 5.69 Å². The molecule has 0 fully saturated rings. The smallest absolute Gasteiger partial charge is 0.261 e. The lowest BCUT2D eigenvalue weighted by Crippen LogP contribution is -2.36. The molecule has 2 heterocycles. The van der Waals surface area contributed by atoms with Gasteiger partial charge in [-0.1, -0.05) is 29.8 Å². The van der Waals surface area contributed by atoms with E-state index in [0.717, 1.165) is 30.6 Å². The second kappa shape index (κ2) is 6.99. The lowest BCUT2D eigenvalue weighted by Gasteiger charge is -2.29. The Morgan fingerprint density at radius 3 is 2.67 bits per heavy atom. The van der Waals surface area contributed by atoms with Crippen LogP contribution in [-0.4, -0.2) is 35.7 Å². The number of aryl methyl sites for hydroxylation is 2. The zero-order chi connectivity index (χ0) is 19.0. The number of nitrogens with zero attached hydrogens (tertiary/aromatic N) is 2. The van der Waals surface area contributed by atoms with Crippen LogP contribution in [0.2, 0.25) is 0 Å². The molecule has 3 amide bonds. The van der Waals surface area contributed by atoms with E-state index in [1.165, 1.54) is 10.5 Å². The number of anilines is 1. The first kappa shape index (κ1) is 17.5. The van der Waals surface area contributed by atoms with Crippen LogP contribution < -0.4 is 4.90 Å². The molecule has 0 atom stereocenters. The number of hydrogen-bond donors (Lipinski definition) is 0. The summed E-state index contributed by atoms with van der Waals surface area (Å²) >= 11 is 0. The van der Waals surface area contributed by atoms with Crippen molar-refractivity contribution in [1.29, 1.82) is 0 Å². The van der Waals surface area contributed by atoms with Crippen LogP contribution in [0.3, 0.4) is 0 Å². The molecule has 4 rings (SSSR count). The highest BCUT2D eigenvalue weighted by molar-refractivity contribution is 6.21. The third-order valence-corrected chi connectivity index (χ3v) is 5.31. The Hall–Kier alpha value is -2.95. The third-order valence-electron chi connectivity index (χ3n) is 5.31. The Kier molecular flexibility index (Phi) is 4.52. The Morgan fingerprint density at radius 1 is 1.04 bits per heavy atom. The number of imide groups is 1. The molecule has 0 radical (unpaired) electrons. The zero-order valence-electron chi connectivity index (χ0n) is 15.4. The van der Waals surface area contributed by atoms with Gasteiger partial charge >= 0.3 is 0 Å². The van der Waals surface area contributed by atoms with E-state index in [0.29, 0.717) is 24.0 Å². The summed E-state index contributed by atoms with van der Waals surface area (Å²) in [6, 6.07) is 13.3. The maximum Gasteiger partial charge on any atom is 0.261 e.